The molecule has 0 bridgehead atoms. The van der Waals surface area contributed by atoms with Crippen LogP contribution >= 0.6 is 12.4 Å². The SMILES string of the molecule is CN1CCC(NC(=O)c2ccc(N)cc2)CC1.Cl. The lowest BCUT2D eigenvalue weighted by Gasteiger charge is -2.29. The van der Waals surface area contributed by atoms with Gasteiger partial charge in [0.25, 0.3) is 5.91 Å². The van der Waals surface area contributed by atoms with Crippen LogP contribution in [0.2, 0.25) is 0 Å². The van der Waals surface area contributed by atoms with Crippen LogP contribution in [0, 0.1) is 0 Å². The van der Waals surface area contributed by atoms with Gasteiger partial charge in [-0.05, 0) is 57.2 Å². The quantitative estimate of drug-likeness (QED) is 0.801. The van der Waals surface area contributed by atoms with Crippen LogP contribution in [0.1, 0.15) is 23.2 Å². The highest BCUT2D eigenvalue weighted by molar-refractivity contribution is 5.94. The number of nitrogen functional groups attached to an aromatic ring is 1. The first-order chi connectivity index (χ1) is 8.15. The number of nitrogens with two attached hydrogens (primary N) is 1. The van der Waals surface area contributed by atoms with Crippen LogP contribution in [0.5, 0.6) is 0 Å². The second-order valence-corrected chi connectivity index (χ2v) is 4.67. The van der Waals surface area contributed by atoms with Crippen molar-refractivity contribution in [3.63, 3.8) is 0 Å². The van der Waals surface area contributed by atoms with E-state index >= 15 is 0 Å². The van der Waals surface area contributed by atoms with E-state index in [2.05, 4.69) is 17.3 Å². The van der Waals surface area contributed by atoms with Gasteiger partial charge in [0.05, 0.1) is 0 Å². The van der Waals surface area contributed by atoms with Crippen LogP contribution in [0.3, 0.4) is 0 Å². The highest BCUT2D eigenvalue weighted by atomic mass is 35.5. The number of hydrogen-bond acceptors (Lipinski definition) is 3. The van der Waals surface area contributed by atoms with Crippen LogP contribution in [-0.2, 0) is 0 Å². The summed E-state index contributed by atoms with van der Waals surface area (Å²) >= 11 is 0. The number of carbonyl (C=O) groups is 1. The number of amides is 1. The smallest absolute Gasteiger partial charge is 0.251 e. The third-order valence-electron chi connectivity index (χ3n) is 3.23. The molecule has 0 aliphatic carbocycles. The van der Waals surface area contributed by atoms with Crippen molar-refractivity contribution in [2.45, 2.75) is 18.9 Å². The third-order valence-corrected chi connectivity index (χ3v) is 3.23. The summed E-state index contributed by atoms with van der Waals surface area (Å²) in [4.78, 5) is 14.2. The lowest BCUT2D eigenvalue weighted by Crippen LogP contribution is -2.43. The van der Waals surface area contributed by atoms with Crippen LogP contribution in [0.4, 0.5) is 5.69 Å². The Morgan fingerprint density at radius 1 is 1.28 bits per heavy atom. The Balaban J connectivity index is 0.00000162. The van der Waals surface area contributed by atoms with Gasteiger partial charge >= 0.3 is 0 Å². The van der Waals surface area contributed by atoms with E-state index in [1.54, 1.807) is 24.3 Å². The van der Waals surface area contributed by atoms with Crippen LogP contribution in [-0.4, -0.2) is 37.0 Å². The predicted octanol–water partition coefficient (Wildman–Crippen LogP) is 1.51. The molecule has 0 atom stereocenters. The van der Waals surface area contributed by atoms with E-state index in [1.165, 1.54) is 0 Å². The Morgan fingerprint density at radius 3 is 2.39 bits per heavy atom. The van der Waals surface area contributed by atoms with Gasteiger partial charge in [0, 0.05) is 17.3 Å². The summed E-state index contributed by atoms with van der Waals surface area (Å²) in [6.45, 7) is 2.10. The van der Waals surface area contributed by atoms with Gasteiger partial charge in [0.2, 0.25) is 0 Å². The van der Waals surface area contributed by atoms with E-state index < -0.39 is 0 Å². The first kappa shape index (κ1) is 14.8. The number of hydrogen-bond donors (Lipinski definition) is 2. The number of anilines is 1. The van der Waals surface area contributed by atoms with E-state index in [4.69, 9.17) is 5.73 Å². The fourth-order valence-electron chi connectivity index (χ4n) is 2.06. The minimum absolute atomic E-state index is 0. The molecule has 2 rings (SSSR count). The zero-order valence-electron chi connectivity index (χ0n) is 10.6. The summed E-state index contributed by atoms with van der Waals surface area (Å²) in [6, 6.07) is 7.34. The molecule has 18 heavy (non-hydrogen) atoms. The number of piperidine rings is 1. The van der Waals surface area contributed by atoms with Crippen molar-refractivity contribution in [2.24, 2.45) is 0 Å². The fourth-order valence-corrected chi connectivity index (χ4v) is 2.06. The summed E-state index contributed by atoms with van der Waals surface area (Å²) < 4.78 is 0. The Labute approximate surface area is 114 Å². The minimum atomic E-state index is -0.000414. The maximum atomic E-state index is 11.9. The topological polar surface area (TPSA) is 58.4 Å². The first-order valence-corrected chi connectivity index (χ1v) is 6.00. The lowest BCUT2D eigenvalue weighted by atomic mass is 10.0. The molecule has 1 aliphatic heterocycles. The standard InChI is InChI=1S/C13H19N3O.ClH/c1-16-8-6-12(7-9-16)15-13(17)10-2-4-11(14)5-3-10;/h2-5,12H,6-9,14H2,1H3,(H,15,17);1H. The van der Waals surface area contributed by atoms with Crippen molar-refractivity contribution in [3.8, 4) is 0 Å². The Bertz CT molecular complexity index is 386. The highest BCUT2D eigenvalue weighted by Crippen LogP contribution is 2.10. The number of nitrogens with one attached hydrogen (secondary N) is 1. The molecule has 1 aromatic rings. The molecular formula is C13H20ClN3O. The van der Waals surface area contributed by atoms with E-state index in [0.717, 1.165) is 25.9 Å². The summed E-state index contributed by atoms with van der Waals surface area (Å²) in [5, 5.41) is 3.07. The molecule has 3 N–H and O–H groups in total. The maximum absolute atomic E-state index is 11.9. The van der Waals surface area contributed by atoms with Gasteiger partial charge in [-0.15, -0.1) is 12.4 Å². The molecule has 4 nitrogen and oxygen atoms in total. The zero-order valence-corrected chi connectivity index (χ0v) is 11.4. The predicted molar refractivity (Wildman–Crippen MR) is 76.1 cm³/mol. The molecule has 0 unspecified atom stereocenters. The van der Waals surface area contributed by atoms with Gasteiger partial charge in [-0.2, -0.15) is 0 Å². The largest absolute Gasteiger partial charge is 0.399 e. The molecule has 1 aliphatic rings. The van der Waals surface area contributed by atoms with Gasteiger partial charge < -0.3 is 16.0 Å². The Hall–Kier alpha value is -1.26. The summed E-state index contributed by atoms with van der Waals surface area (Å²) in [7, 11) is 2.11. The average Bonchev–Trinajstić information content (AvgIpc) is 2.33. The van der Waals surface area contributed by atoms with Crippen molar-refractivity contribution >= 4 is 24.0 Å². The third kappa shape index (κ3) is 3.89. The maximum Gasteiger partial charge on any atom is 0.251 e. The zero-order chi connectivity index (χ0) is 12.3. The molecule has 1 heterocycles. The molecule has 0 spiro atoms. The number of benzene rings is 1. The van der Waals surface area contributed by atoms with Crippen molar-refractivity contribution in [3.05, 3.63) is 29.8 Å². The molecule has 0 saturated carbocycles. The van der Waals surface area contributed by atoms with Crippen LogP contribution in [0.15, 0.2) is 24.3 Å². The lowest BCUT2D eigenvalue weighted by molar-refractivity contribution is 0.0917. The minimum Gasteiger partial charge on any atom is -0.399 e. The van der Waals surface area contributed by atoms with Crippen molar-refractivity contribution < 1.29 is 4.79 Å². The molecular weight excluding hydrogens is 250 g/mol. The number of carbonyl (C=O) groups excluding carboxylic acids is 1. The van der Waals surface area contributed by atoms with Crippen molar-refractivity contribution in [1.29, 1.82) is 0 Å². The van der Waals surface area contributed by atoms with Crippen LogP contribution in [0.25, 0.3) is 0 Å². The summed E-state index contributed by atoms with van der Waals surface area (Å²) in [5.41, 5.74) is 6.95. The molecule has 1 amide bonds. The molecule has 1 fully saturated rings. The molecule has 0 radical (unpaired) electrons. The molecule has 0 aromatic heterocycles. The number of nitrogens with zero attached hydrogens (tertiary/aromatic N) is 1. The fraction of sp³-hybridized carbons (Fsp3) is 0.462. The summed E-state index contributed by atoms with van der Waals surface area (Å²) in [5.74, 6) is -0.000414. The van der Waals surface area contributed by atoms with Crippen LogP contribution < -0.4 is 11.1 Å². The van der Waals surface area contributed by atoms with Crippen molar-refractivity contribution in [2.75, 3.05) is 25.9 Å². The van der Waals surface area contributed by atoms with E-state index in [1.807, 2.05) is 0 Å². The average molecular weight is 270 g/mol. The van der Waals surface area contributed by atoms with Gasteiger partial charge in [-0.3, -0.25) is 4.79 Å². The first-order valence-electron chi connectivity index (χ1n) is 6.00. The molecule has 1 aromatic carbocycles. The van der Waals surface area contributed by atoms with E-state index in [9.17, 15) is 4.79 Å². The molecule has 100 valence electrons. The van der Waals surface area contributed by atoms with Gasteiger partial charge in [0.1, 0.15) is 0 Å². The second kappa shape index (κ2) is 6.61. The highest BCUT2D eigenvalue weighted by Gasteiger charge is 2.18. The van der Waals surface area contributed by atoms with Gasteiger partial charge in [-0.1, -0.05) is 0 Å². The second-order valence-electron chi connectivity index (χ2n) is 4.67. The van der Waals surface area contributed by atoms with Crippen molar-refractivity contribution in [1.82, 2.24) is 10.2 Å². The number of rotatable bonds is 2. The number of likely N-dealkylation sites (tertiary alicyclic amines) is 1. The van der Waals surface area contributed by atoms with Gasteiger partial charge in [-0.25, -0.2) is 0 Å². The molecule has 1 saturated heterocycles. The molecule has 5 heteroatoms. The van der Waals surface area contributed by atoms with Gasteiger partial charge in [0.15, 0.2) is 0 Å². The van der Waals surface area contributed by atoms with E-state index in [-0.39, 0.29) is 18.3 Å². The Morgan fingerprint density at radius 2 is 1.83 bits per heavy atom. The summed E-state index contributed by atoms with van der Waals surface area (Å²) in [6.07, 6.45) is 2.05. The number of halogens is 1. The normalized spacial score (nSPS) is 16.9. The van der Waals surface area contributed by atoms with E-state index in [0.29, 0.717) is 17.3 Å². The Kier molecular flexibility index (Phi) is 5.44. The monoisotopic (exact) mass is 269 g/mol.